The van der Waals surface area contributed by atoms with Gasteiger partial charge in [0.2, 0.25) is 5.78 Å². The topological polar surface area (TPSA) is 63.1 Å². The highest BCUT2D eigenvalue weighted by Crippen LogP contribution is 2.18. The van der Waals surface area contributed by atoms with E-state index in [2.05, 4.69) is 15.5 Å². The van der Waals surface area contributed by atoms with E-state index in [9.17, 15) is 4.79 Å². The number of benzene rings is 3. The SMILES string of the molecule is COc1ccc(N=C(C)/C(=N\Nc2ccc(C)cc2)C(=O)c2ccccc2)cc1. The molecule has 0 bridgehead atoms. The van der Waals surface area contributed by atoms with Crippen LogP contribution in [0.3, 0.4) is 0 Å². The van der Waals surface area contributed by atoms with Crippen LogP contribution >= 0.6 is 0 Å². The van der Waals surface area contributed by atoms with Crippen LogP contribution in [0.15, 0.2) is 89.0 Å². The third kappa shape index (κ3) is 5.39. The lowest BCUT2D eigenvalue weighted by molar-refractivity contribution is 0.106. The van der Waals surface area contributed by atoms with Crippen LogP contribution in [0.2, 0.25) is 0 Å². The van der Waals surface area contributed by atoms with Gasteiger partial charge in [-0.25, -0.2) is 0 Å². The molecule has 3 aromatic rings. The molecule has 0 amide bonds. The highest BCUT2D eigenvalue weighted by atomic mass is 16.5. The maximum atomic E-state index is 13.1. The van der Waals surface area contributed by atoms with E-state index in [1.165, 1.54) is 0 Å². The van der Waals surface area contributed by atoms with Crippen LogP contribution in [0.1, 0.15) is 22.8 Å². The molecule has 3 rings (SSSR count). The molecule has 0 fully saturated rings. The highest BCUT2D eigenvalue weighted by molar-refractivity contribution is 6.70. The van der Waals surface area contributed by atoms with E-state index in [0.29, 0.717) is 17.0 Å². The van der Waals surface area contributed by atoms with Crippen LogP contribution in [0.4, 0.5) is 11.4 Å². The van der Waals surface area contributed by atoms with E-state index in [0.717, 1.165) is 17.0 Å². The van der Waals surface area contributed by atoms with Gasteiger partial charge in [0.1, 0.15) is 5.75 Å². The number of aryl methyl sites for hydroxylation is 1. The third-order valence-corrected chi connectivity index (χ3v) is 4.31. The first-order valence-electron chi connectivity index (χ1n) is 9.26. The molecule has 1 N–H and O–H groups in total. The summed E-state index contributed by atoms with van der Waals surface area (Å²) < 4.78 is 5.18. The van der Waals surface area contributed by atoms with Crippen LogP contribution in [0, 0.1) is 6.92 Å². The number of carbonyl (C=O) groups is 1. The summed E-state index contributed by atoms with van der Waals surface area (Å²) in [6.07, 6.45) is 0. The van der Waals surface area contributed by atoms with Gasteiger partial charge >= 0.3 is 0 Å². The number of carbonyl (C=O) groups excluding carboxylic acids is 1. The summed E-state index contributed by atoms with van der Waals surface area (Å²) in [5.41, 5.74) is 6.97. The first-order chi connectivity index (χ1) is 14.1. The summed E-state index contributed by atoms with van der Waals surface area (Å²) in [5, 5.41) is 4.39. The van der Waals surface area contributed by atoms with Gasteiger partial charge in [0.25, 0.3) is 0 Å². The lowest BCUT2D eigenvalue weighted by Crippen LogP contribution is -2.23. The van der Waals surface area contributed by atoms with Gasteiger partial charge < -0.3 is 4.74 Å². The summed E-state index contributed by atoms with van der Waals surface area (Å²) in [7, 11) is 1.61. The van der Waals surface area contributed by atoms with E-state index in [-0.39, 0.29) is 11.5 Å². The minimum absolute atomic E-state index is 0.194. The Kier molecular flexibility index (Phi) is 6.53. The fourth-order valence-corrected chi connectivity index (χ4v) is 2.67. The summed E-state index contributed by atoms with van der Waals surface area (Å²) in [6, 6.07) is 24.2. The molecule has 0 aliphatic heterocycles. The van der Waals surface area contributed by atoms with Gasteiger partial charge in [0.15, 0.2) is 5.71 Å². The van der Waals surface area contributed by atoms with E-state index in [4.69, 9.17) is 4.74 Å². The molecule has 0 spiro atoms. The van der Waals surface area contributed by atoms with Crippen molar-refractivity contribution in [3.05, 3.63) is 90.0 Å². The highest BCUT2D eigenvalue weighted by Gasteiger charge is 2.17. The summed E-state index contributed by atoms with van der Waals surface area (Å²) >= 11 is 0. The molecular weight excluding hydrogens is 362 g/mol. The van der Waals surface area contributed by atoms with Crippen LogP contribution < -0.4 is 10.2 Å². The van der Waals surface area contributed by atoms with Crippen LogP contribution in [0.25, 0.3) is 0 Å². The minimum atomic E-state index is -0.194. The molecule has 0 saturated carbocycles. The Hall–Kier alpha value is -3.73. The van der Waals surface area contributed by atoms with Crippen molar-refractivity contribution in [1.29, 1.82) is 0 Å². The first kappa shape index (κ1) is 20.0. The van der Waals surface area contributed by atoms with Crippen LogP contribution in [0.5, 0.6) is 5.75 Å². The zero-order valence-corrected chi connectivity index (χ0v) is 16.7. The molecule has 29 heavy (non-hydrogen) atoms. The molecule has 0 aliphatic rings. The average molecular weight is 385 g/mol. The molecule has 5 heteroatoms. The predicted molar refractivity (Wildman–Crippen MR) is 119 cm³/mol. The number of hydrazone groups is 1. The van der Waals surface area contributed by atoms with Crippen molar-refractivity contribution in [1.82, 2.24) is 0 Å². The lowest BCUT2D eigenvalue weighted by atomic mass is 10.0. The number of ether oxygens (including phenoxy) is 1. The number of nitrogens with zero attached hydrogens (tertiary/aromatic N) is 2. The summed E-state index contributed by atoms with van der Waals surface area (Å²) in [5.74, 6) is 0.553. The Balaban J connectivity index is 1.94. The van der Waals surface area contributed by atoms with Crippen molar-refractivity contribution >= 4 is 28.6 Å². The Labute approximate surface area is 170 Å². The molecular formula is C24H23N3O2. The zero-order valence-electron chi connectivity index (χ0n) is 16.7. The molecule has 0 saturated heterocycles. The molecule has 0 aromatic heterocycles. The number of methoxy groups -OCH3 is 1. The monoisotopic (exact) mass is 385 g/mol. The smallest absolute Gasteiger partial charge is 0.215 e. The Morgan fingerprint density at radius 2 is 1.55 bits per heavy atom. The minimum Gasteiger partial charge on any atom is -0.497 e. The number of rotatable bonds is 7. The zero-order chi connectivity index (χ0) is 20.6. The summed E-state index contributed by atoms with van der Waals surface area (Å²) in [6.45, 7) is 3.80. The number of ketones is 1. The number of Topliss-reactive ketones (excluding diaryl/α,β-unsaturated/α-hetero) is 1. The number of hydrogen-bond donors (Lipinski definition) is 1. The first-order valence-corrected chi connectivity index (χ1v) is 9.26. The van der Waals surface area contributed by atoms with Gasteiger partial charge in [-0.15, -0.1) is 0 Å². The second-order valence-electron chi connectivity index (χ2n) is 6.53. The molecule has 0 aliphatic carbocycles. The van der Waals surface area contributed by atoms with Gasteiger partial charge in [-0.05, 0) is 50.2 Å². The van der Waals surface area contributed by atoms with E-state index in [1.54, 1.807) is 26.2 Å². The predicted octanol–water partition coefficient (Wildman–Crippen LogP) is 5.45. The molecule has 3 aromatic carbocycles. The van der Waals surface area contributed by atoms with Crippen molar-refractivity contribution in [2.24, 2.45) is 10.1 Å². The van der Waals surface area contributed by atoms with Gasteiger partial charge in [-0.1, -0.05) is 48.0 Å². The second kappa shape index (κ2) is 9.46. The lowest BCUT2D eigenvalue weighted by Gasteiger charge is -2.08. The second-order valence-corrected chi connectivity index (χ2v) is 6.53. The van der Waals surface area contributed by atoms with Crippen molar-refractivity contribution in [2.75, 3.05) is 12.5 Å². The van der Waals surface area contributed by atoms with Gasteiger partial charge in [0.05, 0.1) is 24.2 Å². The normalized spacial score (nSPS) is 11.8. The number of anilines is 1. The maximum Gasteiger partial charge on any atom is 0.215 e. The largest absolute Gasteiger partial charge is 0.497 e. The number of nitrogens with one attached hydrogen (secondary N) is 1. The van der Waals surface area contributed by atoms with Crippen molar-refractivity contribution in [3.63, 3.8) is 0 Å². The van der Waals surface area contributed by atoms with E-state index >= 15 is 0 Å². The third-order valence-electron chi connectivity index (χ3n) is 4.31. The molecule has 0 atom stereocenters. The van der Waals surface area contributed by atoms with Crippen molar-refractivity contribution in [3.8, 4) is 5.75 Å². The Morgan fingerprint density at radius 3 is 2.17 bits per heavy atom. The molecule has 0 heterocycles. The molecule has 0 unspecified atom stereocenters. The Morgan fingerprint density at radius 1 is 0.897 bits per heavy atom. The Bertz CT molecular complexity index is 1020. The van der Waals surface area contributed by atoms with Crippen molar-refractivity contribution in [2.45, 2.75) is 13.8 Å². The fraction of sp³-hybridized carbons (Fsp3) is 0.125. The van der Waals surface area contributed by atoms with Gasteiger partial charge in [-0.3, -0.25) is 15.2 Å². The van der Waals surface area contributed by atoms with Crippen molar-refractivity contribution < 1.29 is 9.53 Å². The standard InChI is InChI=1S/C24H23N3O2/c1-17-9-11-21(12-10-17)26-27-23(24(28)19-7-5-4-6-8-19)18(2)25-20-13-15-22(29-3)16-14-20/h4-16,26H,1-3H3/b25-18?,27-23+. The van der Waals surface area contributed by atoms with Crippen LogP contribution in [-0.4, -0.2) is 24.3 Å². The van der Waals surface area contributed by atoms with Gasteiger partial charge in [-0.2, -0.15) is 5.10 Å². The van der Waals surface area contributed by atoms with Crippen LogP contribution in [-0.2, 0) is 0 Å². The van der Waals surface area contributed by atoms with E-state index in [1.807, 2.05) is 73.7 Å². The van der Waals surface area contributed by atoms with E-state index < -0.39 is 0 Å². The van der Waals surface area contributed by atoms with Gasteiger partial charge in [0, 0.05) is 5.56 Å². The number of hydrogen-bond acceptors (Lipinski definition) is 5. The number of aliphatic imine (C=N–C) groups is 1. The molecule has 146 valence electrons. The quantitative estimate of drug-likeness (QED) is 0.334. The molecule has 0 radical (unpaired) electrons. The maximum absolute atomic E-state index is 13.1. The molecule has 5 nitrogen and oxygen atoms in total. The summed E-state index contributed by atoms with van der Waals surface area (Å²) in [4.78, 5) is 17.7. The average Bonchev–Trinajstić information content (AvgIpc) is 2.76. The fourth-order valence-electron chi connectivity index (χ4n) is 2.67.